The van der Waals surface area contributed by atoms with Crippen molar-refractivity contribution in [1.29, 1.82) is 0 Å². The Hall–Kier alpha value is -4.24. The number of aromatic hydroxyl groups is 1. The number of amides is 4. The van der Waals surface area contributed by atoms with E-state index in [1.54, 1.807) is 0 Å². The van der Waals surface area contributed by atoms with E-state index < -0.39 is 110 Å². The Labute approximate surface area is 277 Å². The number of likely N-dealkylation sites (tertiary alicyclic amines) is 1. The average Bonchev–Trinajstić information content (AvgIpc) is 3.37. The van der Waals surface area contributed by atoms with Gasteiger partial charge < -0.3 is 14.9 Å². The van der Waals surface area contributed by atoms with Crippen molar-refractivity contribution in [2.45, 2.75) is 41.3 Å². The molecule has 1 saturated carbocycles. The molecule has 4 amide bonds. The molecule has 48 heavy (non-hydrogen) atoms. The maximum Gasteiger partial charge on any atom is 0.303 e. The third kappa shape index (κ3) is 4.32. The number of carboxylic acids is 1. The van der Waals surface area contributed by atoms with E-state index in [-0.39, 0.29) is 47.6 Å². The Morgan fingerprint density at radius 2 is 1.58 bits per heavy atom. The van der Waals surface area contributed by atoms with Crippen LogP contribution in [0.25, 0.3) is 0 Å². The van der Waals surface area contributed by atoms with E-state index in [4.69, 9.17) is 33.0 Å². The highest BCUT2D eigenvalue weighted by atomic mass is 35.5. The molecule has 17 heteroatoms. The molecule has 254 valence electrons. The summed E-state index contributed by atoms with van der Waals surface area (Å²) in [6.45, 7) is -0.243. The number of carboxylic acid groups (broad SMARTS) is 1. The largest absolute Gasteiger partial charge is 0.508 e. The monoisotopic (exact) mass is 716 g/mol. The van der Waals surface area contributed by atoms with Crippen molar-refractivity contribution in [1.82, 2.24) is 4.90 Å². The van der Waals surface area contributed by atoms with Crippen LogP contribution in [-0.4, -0.2) is 68.1 Å². The predicted molar refractivity (Wildman–Crippen MR) is 155 cm³/mol. The number of allylic oxidation sites excluding steroid dienone is 2. The van der Waals surface area contributed by atoms with Crippen LogP contribution in [0, 0.1) is 46.8 Å². The van der Waals surface area contributed by atoms with Crippen LogP contribution in [0.1, 0.15) is 37.2 Å². The van der Waals surface area contributed by atoms with Crippen LogP contribution >= 0.6 is 23.2 Å². The van der Waals surface area contributed by atoms with Gasteiger partial charge in [0, 0.05) is 24.4 Å². The molecule has 2 heterocycles. The van der Waals surface area contributed by atoms with Crippen LogP contribution in [0.5, 0.6) is 11.5 Å². The molecule has 2 aromatic carbocycles. The number of benzene rings is 2. The van der Waals surface area contributed by atoms with E-state index in [0.717, 1.165) is 4.90 Å². The van der Waals surface area contributed by atoms with Crippen LogP contribution in [0.15, 0.2) is 29.8 Å². The molecule has 2 N–H and O–H groups in total. The third-order valence-corrected chi connectivity index (χ3v) is 11.1. The number of halogens is 7. The third-order valence-electron chi connectivity index (χ3n) is 9.64. The highest BCUT2D eigenvalue weighted by Gasteiger charge is 2.77. The number of phenols is 1. The number of carbonyl (C=O) groups is 5. The first-order valence-electron chi connectivity index (χ1n) is 14.5. The molecule has 3 fully saturated rings. The predicted octanol–water partition coefficient (Wildman–Crippen LogP) is 4.52. The Bertz CT molecular complexity index is 1850. The number of hydrogen-bond acceptors (Lipinski definition) is 7. The number of alkyl halides is 2. The van der Waals surface area contributed by atoms with Gasteiger partial charge >= 0.3 is 5.97 Å². The van der Waals surface area contributed by atoms with Gasteiger partial charge in [0.2, 0.25) is 17.6 Å². The number of fused-ring (bicyclic) bond motifs is 4. The minimum absolute atomic E-state index is 0.0665. The Kier molecular flexibility index (Phi) is 8.02. The summed E-state index contributed by atoms with van der Waals surface area (Å²) in [5.74, 6) is -24.3. The lowest BCUT2D eigenvalue weighted by atomic mass is 9.56. The summed E-state index contributed by atoms with van der Waals surface area (Å²) < 4.78 is 78.4. The summed E-state index contributed by atoms with van der Waals surface area (Å²) >= 11 is 14.1. The van der Waals surface area contributed by atoms with Gasteiger partial charge in [0.1, 0.15) is 17.2 Å². The van der Waals surface area contributed by atoms with Crippen molar-refractivity contribution < 1.29 is 60.9 Å². The zero-order valence-corrected chi connectivity index (χ0v) is 26.1. The molecule has 6 rings (SSSR count). The first-order chi connectivity index (χ1) is 22.5. The first-order valence-corrected chi connectivity index (χ1v) is 15.2. The number of phenolic OH excluding ortho intramolecular Hbond substituents is 1. The summed E-state index contributed by atoms with van der Waals surface area (Å²) in [5, 5.41) is 20.1. The van der Waals surface area contributed by atoms with E-state index >= 15 is 8.78 Å². The molecule has 0 radical (unpaired) electrons. The quantitative estimate of drug-likeness (QED) is 0.106. The van der Waals surface area contributed by atoms with Crippen molar-refractivity contribution in [3.63, 3.8) is 0 Å². The van der Waals surface area contributed by atoms with Crippen molar-refractivity contribution in [3.8, 4) is 11.5 Å². The zero-order valence-electron chi connectivity index (χ0n) is 24.5. The standard InChI is InChI=1S/C31H23Cl2F5N2O8/c1-48-15-5-2-4-14(41)18(15)19-11-7-8-12-17(27(45)39(26(12)44)9-3-6-16(42)43)13(11)10-30(32)28(46)40(29(47)31(19,30)33)25-23(37)21(35)20(34)22(36)24(25)38/h2,4-5,7,12-13,17,19,41H,3,6,8-10H2,1H3,(H,42,43)/t12-,13+,17-,19+,30+,31-/m0/s1. The molecular formula is C31H23Cl2F5N2O8. The van der Waals surface area contributed by atoms with Crippen molar-refractivity contribution >= 4 is 58.5 Å². The van der Waals surface area contributed by atoms with Crippen molar-refractivity contribution in [2.75, 3.05) is 18.6 Å². The van der Waals surface area contributed by atoms with E-state index in [2.05, 4.69) is 0 Å². The summed E-state index contributed by atoms with van der Waals surface area (Å²) in [4.78, 5) is 61.7. The van der Waals surface area contributed by atoms with Gasteiger partial charge in [-0.15, -0.1) is 23.2 Å². The van der Waals surface area contributed by atoms with Gasteiger partial charge in [-0.1, -0.05) is 17.7 Å². The Morgan fingerprint density at radius 1 is 0.958 bits per heavy atom. The van der Waals surface area contributed by atoms with E-state index in [1.807, 2.05) is 0 Å². The fourth-order valence-electron chi connectivity index (χ4n) is 7.56. The van der Waals surface area contributed by atoms with Gasteiger partial charge in [-0.05, 0) is 37.3 Å². The number of anilines is 1. The fourth-order valence-corrected chi connectivity index (χ4v) is 8.48. The first kappa shape index (κ1) is 33.7. The SMILES string of the molecule is COc1cccc(O)c1[C@H]1C2=CC[C@@H]3C(=O)N(CCCC(=O)O)C(=O)[C@@H]3[C@@H]2C[C@@]2(Cl)C(=O)N(c3c(F)c(F)c(F)c(F)c3F)C(=O)[C@@]12Cl. The van der Waals surface area contributed by atoms with Crippen LogP contribution in [-0.2, 0) is 24.0 Å². The summed E-state index contributed by atoms with van der Waals surface area (Å²) in [6.07, 6.45) is 0.208. The molecule has 0 bridgehead atoms. The number of ether oxygens (including phenoxy) is 1. The maximum atomic E-state index is 15.1. The maximum absolute atomic E-state index is 15.1. The number of nitrogens with zero attached hydrogens (tertiary/aromatic N) is 2. The van der Waals surface area contributed by atoms with Gasteiger partial charge in [-0.3, -0.25) is 28.9 Å². The molecule has 4 aliphatic rings. The number of carbonyl (C=O) groups excluding carboxylic acids is 4. The molecule has 0 aromatic heterocycles. The molecular weight excluding hydrogens is 694 g/mol. The fraction of sp³-hybridized carbons (Fsp3) is 0.387. The van der Waals surface area contributed by atoms with Crippen LogP contribution in [0.2, 0.25) is 0 Å². The van der Waals surface area contributed by atoms with Crippen LogP contribution in [0.3, 0.4) is 0 Å². The second-order valence-electron chi connectivity index (χ2n) is 11.9. The highest BCUT2D eigenvalue weighted by molar-refractivity contribution is 6.58. The molecule has 10 nitrogen and oxygen atoms in total. The zero-order chi connectivity index (χ0) is 35.2. The normalized spacial score (nSPS) is 29.5. The van der Waals surface area contributed by atoms with Gasteiger partial charge in [0.25, 0.3) is 11.8 Å². The van der Waals surface area contributed by atoms with E-state index in [9.17, 15) is 42.3 Å². The minimum atomic E-state index is -2.83. The molecule has 6 atom stereocenters. The lowest BCUT2D eigenvalue weighted by Gasteiger charge is -2.50. The topological polar surface area (TPSA) is 142 Å². The lowest BCUT2D eigenvalue weighted by Crippen LogP contribution is -2.60. The van der Waals surface area contributed by atoms with Crippen molar-refractivity contribution in [3.05, 3.63) is 64.5 Å². The summed E-state index contributed by atoms with van der Waals surface area (Å²) in [6, 6.07) is 3.87. The minimum Gasteiger partial charge on any atom is -0.508 e. The molecule has 0 spiro atoms. The number of methoxy groups -OCH3 is 1. The van der Waals surface area contributed by atoms with Crippen LogP contribution in [0.4, 0.5) is 27.6 Å². The van der Waals surface area contributed by atoms with Crippen LogP contribution < -0.4 is 9.64 Å². The lowest BCUT2D eigenvalue weighted by molar-refractivity contribution is -0.142. The highest BCUT2D eigenvalue weighted by Crippen LogP contribution is 2.67. The number of aliphatic carboxylic acids is 1. The van der Waals surface area contributed by atoms with Gasteiger partial charge in [-0.25, -0.2) is 26.9 Å². The number of imide groups is 2. The van der Waals surface area contributed by atoms with E-state index in [1.165, 1.54) is 31.4 Å². The number of rotatable bonds is 7. The molecule has 2 aromatic rings. The number of hydrogen-bond donors (Lipinski definition) is 2. The average molecular weight is 717 g/mol. The molecule has 0 unspecified atom stereocenters. The molecule has 2 aliphatic heterocycles. The summed E-state index contributed by atoms with van der Waals surface area (Å²) in [7, 11) is 1.19. The van der Waals surface area contributed by atoms with Gasteiger partial charge in [0.15, 0.2) is 33.0 Å². The summed E-state index contributed by atoms with van der Waals surface area (Å²) in [5.41, 5.74) is -2.05. The van der Waals surface area contributed by atoms with E-state index in [0.29, 0.717) is 0 Å². The van der Waals surface area contributed by atoms with Crippen molar-refractivity contribution in [2.24, 2.45) is 17.8 Å². The van der Waals surface area contributed by atoms with Gasteiger partial charge in [0.05, 0.1) is 18.9 Å². The Balaban J connectivity index is 1.57. The molecule has 2 saturated heterocycles. The smallest absolute Gasteiger partial charge is 0.303 e. The second kappa shape index (κ2) is 11.4. The second-order valence-corrected chi connectivity index (χ2v) is 13.2. The molecule has 2 aliphatic carbocycles. The Morgan fingerprint density at radius 3 is 2.19 bits per heavy atom. The van der Waals surface area contributed by atoms with Gasteiger partial charge in [-0.2, -0.15) is 0 Å².